The molecule has 3 rings (SSSR count). The normalized spacial score (nSPS) is 10.3. The number of amides is 1. The van der Waals surface area contributed by atoms with Gasteiger partial charge in [0, 0.05) is 25.1 Å². The van der Waals surface area contributed by atoms with Crippen LogP contribution in [0.15, 0.2) is 61.1 Å². The van der Waals surface area contributed by atoms with E-state index in [4.69, 9.17) is 23.2 Å². The van der Waals surface area contributed by atoms with Crippen molar-refractivity contribution in [2.24, 2.45) is 0 Å². The average molecular weight is 373 g/mol. The lowest BCUT2D eigenvalue weighted by Gasteiger charge is -2.09. The van der Waals surface area contributed by atoms with Crippen molar-refractivity contribution >= 4 is 40.6 Å². The Morgan fingerprint density at radius 2 is 1.92 bits per heavy atom. The first-order chi connectivity index (χ1) is 12.1. The van der Waals surface area contributed by atoms with Gasteiger partial charge in [-0.05, 0) is 35.9 Å². The number of anilines is 2. The van der Waals surface area contributed by atoms with E-state index in [1.807, 2.05) is 12.1 Å². The summed E-state index contributed by atoms with van der Waals surface area (Å²) in [6, 6.07) is 12.3. The number of hydrogen-bond donors (Lipinski definition) is 2. The molecule has 2 N–H and O–H groups in total. The maximum absolute atomic E-state index is 12.3. The van der Waals surface area contributed by atoms with Gasteiger partial charge in [0.1, 0.15) is 5.82 Å². The molecular formula is C18H14Cl2N4O. The van der Waals surface area contributed by atoms with Crippen LogP contribution in [0.5, 0.6) is 0 Å². The van der Waals surface area contributed by atoms with Crippen LogP contribution in [0.2, 0.25) is 10.0 Å². The first-order valence-corrected chi connectivity index (χ1v) is 8.23. The van der Waals surface area contributed by atoms with Crippen LogP contribution in [-0.2, 0) is 6.54 Å². The molecule has 0 saturated carbocycles. The molecule has 0 unspecified atom stereocenters. The Hall–Kier alpha value is -2.63. The second-order valence-corrected chi connectivity index (χ2v) is 5.99. The Bertz CT molecular complexity index is 870. The molecule has 7 heteroatoms. The summed E-state index contributed by atoms with van der Waals surface area (Å²) in [4.78, 5) is 20.6. The summed E-state index contributed by atoms with van der Waals surface area (Å²) in [7, 11) is 0. The summed E-state index contributed by atoms with van der Waals surface area (Å²) in [5, 5.41) is 6.58. The number of pyridine rings is 2. The molecule has 2 aromatic heterocycles. The fraction of sp³-hybridized carbons (Fsp3) is 0.0556. The van der Waals surface area contributed by atoms with Gasteiger partial charge in [0.25, 0.3) is 5.91 Å². The van der Waals surface area contributed by atoms with E-state index in [0.717, 1.165) is 5.56 Å². The summed E-state index contributed by atoms with van der Waals surface area (Å²) >= 11 is 12.0. The third kappa shape index (κ3) is 4.47. The molecule has 1 aromatic carbocycles. The molecule has 3 aromatic rings. The lowest BCUT2D eigenvalue weighted by molar-refractivity contribution is 0.102. The molecule has 0 radical (unpaired) electrons. The van der Waals surface area contributed by atoms with Crippen LogP contribution in [-0.4, -0.2) is 15.9 Å². The van der Waals surface area contributed by atoms with Crippen molar-refractivity contribution in [2.45, 2.75) is 6.54 Å². The van der Waals surface area contributed by atoms with Gasteiger partial charge in [-0.1, -0.05) is 35.3 Å². The van der Waals surface area contributed by atoms with Crippen LogP contribution >= 0.6 is 23.2 Å². The third-order valence-corrected chi connectivity index (χ3v) is 4.24. The van der Waals surface area contributed by atoms with E-state index in [2.05, 4.69) is 20.6 Å². The second-order valence-electron chi connectivity index (χ2n) is 5.20. The van der Waals surface area contributed by atoms with Crippen molar-refractivity contribution in [1.82, 2.24) is 9.97 Å². The molecule has 0 saturated heterocycles. The molecule has 0 spiro atoms. The molecule has 0 bridgehead atoms. The fourth-order valence-corrected chi connectivity index (χ4v) is 2.47. The minimum absolute atomic E-state index is 0.306. The Labute approximate surface area is 155 Å². The molecule has 2 heterocycles. The molecule has 0 fully saturated rings. The summed E-state index contributed by atoms with van der Waals surface area (Å²) in [5.74, 6) is 0.358. The van der Waals surface area contributed by atoms with E-state index in [1.54, 1.807) is 42.7 Å². The molecule has 1 amide bonds. The van der Waals surface area contributed by atoms with Crippen LogP contribution in [0.3, 0.4) is 0 Å². The second kappa shape index (κ2) is 7.96. The van der Waals surface area contributed by atoms with Gasteiger partial charge in [0.2, 0.25) is 0 Å². The van der Waals surface area contributed by atoms with Crippen LogP contribution in [0.25, 0.3) is 0 Å². The molecular weight excluding hydrogens is 359 g/mol. The minimum atomic E-state index is -0.310. The number of halogens is 2. The first kappa shape index (κ1) is 17.2. The van der Waals surface area contributed by atoms with Crippen molar-refractivity contribution in [3.8, 4) is 0 Å². The van der Waals surface area contributed by atoms with Crippen LogP contribution in [0.4, 0.5) is 11.5 Å². The predicted molar refractivity (Wildman–Crippen MR) is 100 cm³/mol. The summed E-state index contributed by atoms with van der Waals surface area (Å²) in [6.45, 7) is 0.602. The van der Waals surface area contributed by atoms with Crippen LogP contribution in [0, 0.1) is 0 Å². The van der Waals surface area contributed by atoms with Crippen molar-refractivity contribution < 1.29 is 4.79 Å². The Morgan fingerprint density at radius 1 is 1.04 bits per heavy atom. The number of aromatic nitrogens is 2. The minimum Gasteiger partial charge on any atom is -0.366 e. The van der Waals surface area contributed by atoms with E-state index in [-0.39, 0.29) is 5.91 Å². The van der Waals surface area contributed by atoms with Crippen LogP contribution < -0.4 is 10.6 Å². The highest BCUT2D eigenvalue weighted by Gasteiger charge is 2.10. The number of benzene rings is 1. The number of nitrogens with one attached hydrogen (secondary N) is 2. The van der Waals surface area contributed by atoms with Crippen molar-refractivity contribution in [3.63, 3.8) is 0 Å². The zero-order chi connectivity index (χ0) is 17.6. The predicted octanol–water partition coefficient (Wildman–Crippen LogP) is 4.65. The van der Waals surface area contributed by atoms with Crippen molar-refractivity contribution in [3.05, 3.63) is 82.2 Å². The summed E-state index contributed by atoms with van der Waals surface area (Å²) in [6.07, 6.45) is 5.00. The molecule has 0 atom stereocenters. The SMILES string of the molecule is O=C(Nc1cccc(Cl)c1Cl)c1ccc(NCc2cccnc2)nc1. The molecule has 5 nitrogen and oxygen atoms in total. The molecule has 0 aliphatic rings. The summed E-state index contributed by atoms with van der Waals surface area (Å²) < 4.78 is 0. The molecule has 0 aliphatic heterocycles. The smallest absolute Gasteiger partial charge is 0.257 e. The van der Waals surface area contributed by atoms with Gasteiger partial charge in [-0.2, -0.15) is 0 Å². The highest BCUT2D eigenvalue weighted by Crippen LogP contribution is 2.29. The largest absolute Gasteiger partial charge is 0.366 e. The van der Waals surface area contributed by atoms with Gasteiger partial charge in [0.05, 0.1) is 21.3 Å². The van der Waals surface area contributed by atoms with E-state index in [1.165, 1.54) is 6.20 Å². The van der Waals surface area contributed by atoms with Gasteiger partial charge in [-0.15, -0.1) is 0 Å². The van der Waals surface area contributed by atoms with Gasteiger partial charge < -0.3 is 10.6 Å². The Kier molecular flexibility index (Phi) is 5.48. The van der Waals surface area contributed by atoms with Crippen molar-refractivity contribution in [2.75, 3.05) is 10.6 Å². The van der Waals surface area contributed by atoms with Crippen molar-refractivity contribution in [1.29, 1.82) is 0 Å². The standard InChI is InChI=1S/C18H14Cl2N4O/c19-14-4-1-5-15(17(14)20)24-18(25)13-6-7-16(23-11-13)22-10-12-3-2-8-21-9-12/h1-9,11H,10H2,(H,22,23)(H,24,25). The van der Waals surface area contributed by atoms with Gasteiger partial charge in [-0.25, -0.2) is 4.98 Å². The zero-order valence-corrected chi connectivity index (χ0v) is 14.6. The molecule has 25 heavy (non-hydrogen) atoms. The maximum atomic E-state index is 12.3. The number of carbonyl (C=O) groups excluding carboxylic acids is 1. The highest BCUT2D eigenvalue weighted by atomic mass is 35.5. The monoisotopic (exact) mass is 372 g/mol. The lowest BCUT2D eigenvalue weighted by atomic mass is 10.2. The molecule has 126 valence electrons. The first-order valence-electron chi connectivity index (χ1n) is 7.47. The Morgan fingerprint density at radius 3 is 2.64 bits per heavy atom. The topological polar surface area (TPSA) is 66.9 Å². The quantitative estimate of drug-likeness (QED) is 0.683. The molecule has 0 aliphatic carbocycles. The number of carbonyl (C=O) groups is 1. The van der Waals surface area contributed by atoms with Gasteiger partial charge >= 0.3 is 0 Å². The third-order valence-electron chi connectivity index (χ3n) is 3.42. The Balaban J connectivity index is 1.63. The lowest BCUT2D eigenvalue weighted by Crippen LogP contribution is -2.13. The summed E-state index contributed by atoms with van der Waals surface area (Å²) in [5.41, 5.74) is 1.92. The highest BCUT2D eigenvalue weighted by molar-refractivity contribution is 6.44. The van der Waals surface area contributed by atoms with Gasteiger partial charge in [-0.3, -0.25) is 9.78 Å². The van der Waals surface area contributed by atoms with Gasteiger partial charge in [0.15, 0.2) is 0 Å². The maximum Gasteiger partial charge on any atom is 0.257 e. The number of hydrogen-bond acceptors (Lipinski definition) is 4. The van der Waals surface area contributed by atoms with E-state index in [0.29, 0.717) is 33.7 Å². The van der Waals surface area contributed by atoms with Crippen LogP contribution in [0.1, 0.15) is 15.9 Å². The number of nitrogens with zero attached hydrogens (tertiary/aromatic N) is 2. The zero-order valence-electron chi connectivity index (χ0n) is 13.0. The number of rotatable bonds is 5. The van der Waals surface area contributed by atoms with E-state index < -0.39 is 0 Å². The van der Waals surface area contributed by atoms with E-state index >= 15 is 0 Å². The fourth-order valence-electron chi connectivity index (χ4n) is 2.12. The average Bonchev–Trinajstić information content (AvgIpc) is 2.65. The van der Waals surface area contributed by atoms with E-state index in [9.17, 15) is 4.79 Å².